The Morgan fingerprint density at radius 3 is 2.48 bits per heavy atom. The molecule has 0 radical (unpaired) electrons. The standard InChI is InChI=1S/C16H21Cl2N3O2/c1-20(9-11-2-3-13(17)14(18)8-11)15(22)10-21-6-4-12(5-7-21)16(19)23/h2-3,8,12H,4-7,9-10H2,1H3,(H2,19,23)/p+1. The van der Waals surface area contributed by atoms with E-state index in [1.807, 2.05) is 6.07 Å². The van der Waals surface area contributed by atoms with Crippen LogP contribution in [0.25, 0.3) is 0 Å². The van der Waals surface area contributed by atoms with Crippen molar-refractivity contribution < 1.29 is 14.5 Å². The van der Waals surface area contributed by atoms with E-state index in [4.69, 9.17) is 28.9 Å². The van der Waals surface area contributed by atoms with Gasteiger partial charge in [-0.3, -0.25) is 9.59 Å². The molecule has 1 aromatic carbocycles. The van der Waals surface area contributed by atoms with Crippen LogP contribution < -0.4 is 10.6 Å². The number of carbonyl (C=O) groups excluding carboxylic acids is 2. The van der Waals surface area contributed by atoms with Crippen molar-refractivity contribution in [3.05, 3.63) is 33.8 Å². The molecule has 0 spiro atoms. The van der Waals surface area contributed by atoms with Crippen LogP contribution in [0.4, 0.5) is 0 Å². The molecule has 1 fully saturated rings. The zero-order valence-electron chi connectivity index (χ0n) is 13.1. The molecule has 1 heterocycles. The predicted octanol–water partition coefficient (Wildman–Crippen LogP) is 0.732. The molecule has 0 aliphatic carbocycles. The van der Waals surface area contributed by atoms with Gasteiger partial charge in [-0.25, -0.2) is 0 Å². The van der Waals surface area contributed by atoms with Gasteiger partial charge in [0.05, 0.1) is 23.1 Å². The van der Waals surface area contributed by atoms with E-state index in [1.165, 1.54) is 4.90 Å². The van der Waals surface area contributed by atoms with Crippen LogP contribution in [0.5, 0.6) is 0 Å². The number of quaternary nitrogens is 1. The van der Waals surface area contributed by atoms with Gasteiger partial charge in [-0.1, -0.05) is 29.3 Å². The average molecular weight is 359 g/mol. The number of nitrogens with two attached hydrogens (primary N) is 1. The van der Waals surface area contributed by atoms with E-state index < -0.39 is 0 Å². The average Bonchev–Trinajstić information content (AvgIpc) is 2.51. The fourth-order valence-electron chi connectivity index (χ4n) is 2.84. The molecular formula is C16H22Cl2N3O2+. The summed E-state index contributed by atoms with van der Waals surface area (Å²) >= 11 is 11.9. The van der Waals surface area contributed by atoms with Crippen LogP contribution in [0.15, 0.2) is 18.2 Å². The third-order valence-corrected chi connectivity index (χ3v) is 5.06. The van der Waals surface area contributed by atoms with Gasteiger partial charge in [0.2, 0.25) is 5.91 Å². The molecule has 0 aromatic heterocycles. The SMILES string of the molecule is CN(Cc1ccc(Cl)c(Cl)c1)C(=O)C[NH+]1CCC(C(N)=O)CC1. The summed E-state index contributed by atoms with van der Waals surface area (Å²) < 4.78 is 0. The molecular weight excluding hydrogens is 337 g/mol. The zero-order chi connectivity index (χ0) is 17.0. The third-order valence-electron chi connectivity index (χ3n) is 4.33. The van der Waals surface area contributed by atoms with E-state index in [-0.39, 0.29) is 17.7 Å². The second-order valence-electron chi connectivity index (χ2n) is 6.10. The first kappa shape index (κ1) is 18.0. The first-order chi connectivity index (χ1) is 10.9. The molecule has 0 bridgehead atoms. The molecule has 23 heavy (non-hydrogen) atoms. The van der Waals surface area contributed by atoms with Gasteiger partial charge in [-0.15, -0.1) is 0 Å². The third kappa shape index (κ3) is 5.09. The summed E-state index contributed by atoms with van der Waals surface area (Å²) in [6, 6.07) is 5.37. The second kappa shape index (κ2) is 7.99. The van der Waals surface area contributed by atoms with Crippen molar-refractivity contribution in [2.45, 2.75) is 19.4 Å². The Balaban J connectivity index is 1.83. The molecule has 2 amide bonds. The molecule has 126 valence electrons. The molecule has 2 rings (SSSR count). The Bertz CT molecular complexity index is 587. The lowest BCUT2D eigenvalue weighted by Gasteiger charge is -2.28. The van der Waals surface area contributed by atoms with Crippen LogP contribution in [0.1, 0.15) is 18.4 Å². The number of benzene rings is 1. The number of rotatable bonds is 5. The second-order valence-corrected chi connectivity index (χ2v) is 6.92. The summed E-state index contributed by atoms with van der Waals surface area (Å²) in [4.78, 5) is 26.4. The summed E-state index contributed by atoms with van der Waals surface area (Å²) in [5, 5.41) is 0.996. The van der Waals surface area contributed by atoms with Crippen LogP contribution in [0.2, 0.25) is 10.0 Å². The van der Waals surface area contributed by atoms with Crippen molar-refractivity contribution in [2.24, 2.45) is 11.7 Å². The summed E-state index contributed by atoms with van der Waals surface area (Å²) in [5.74, 6) is -0.196. The van der Waals surface area contributed by atoms with E-state index >= 15 is 0 Å². The van der Waals surface area contributed by atoms with E-state index in [9.17, 15) is 9.59 Å². The van der Waals surface area contributed by atoms with Gasteiger partial charge in [0, 0.05) is 32.4 Å². The van der Waals surface area contributed by atoms with Gasteiger partial charge in [0.25, 0.3) is 5.91 Å². The molecule has 1 aromatic rings. The lowest BCUT2D eigenvalue weighted by molar-refractivity contribution is -0.898. The number of hydrogen-bond donors (Lipinski definition) is 2. The first-order valence-corrected chi connectivity index (χ1v) is 8.43. The highest BCUT2D eigenvalue weighted by Crippen LogP contribution is 2.23. The van der Waals surface area contributed by atoms with E-state index in [0.29, 0.717) is 23.1 Å². The number of carbonyl (C=O) groups is 2. The minimum absolute atomic E-state index is 0.0391. The van der Waals surface area contributed by atoms with Gasteiger partial charge in [-0.2, -0.15) is 0 Å². The maximum absolute atomic E-state index is 12.3. The summed E-state index contributed by atoms with van der Waals surface area (Å²) in [6.07, 6.45) is 1.52. The Kier molecular flexibility index (Phi) is 6.27. The van der Waals surface area contributed by atoms with Crippen molar-refractivity contribution in [1.82, 2.24) is 4.90 Å². The van der Waals surface area contributed by atoms with E-state index in [2.05, 4.69) is 0 Å². The molecule has 1 saturated heterocycles. The number of piperidine rings is 1. The number of hydrogen-bond acceptors (Lipinski definition) is 2. The van der Waals surface area contributed by atoms with E-state index in [1.54, 1.807) is 24.1 Å². The van der Waals surface area contributed by atoms with Crippen LogP contribution >= 0.6 is 23.2 Å². The maximum atomic E-state index is 12.3. The first-order valence-electron chi connectivity index (χ1n) is 7.67. The molecule has 1 aliphatic rings. The fourth-order valence-corrected chi connectivity index (χ4v) is 3.16. The van der Waals surface area contributed by atoms with Gasteiger partial charge in [0.1, 0.15) is 0 Å². The molecule has 0 unspecified atom stereocenters. The highest BCUT2D eigenvalue weighted by Gasteiger charge is 2.27. The van der Waals surface area contributed by atoms with Gasteiger partial charge >= 0.3 is 0 Å². The van der Waals surface area contributed by atoms with Crippen LogP contribution in [0.3, 0.4) is 0 Å². The lowest BCUT2D eigenvalue weighted by atomic mass is 9.96. The lowest BCUT2D eigenvalue weighted by Crippen LogP contribution is -3.14. The molecule has 0 saturated carbocycles. The minimum atomic E-state index is -0.230. The van der Waals surface area contributed by atoms with Crippen molar-refractivity contribution >= 4 is 35.0 Å². The normalized spacial score (nSPS) is 21.0. The number of amides is 2. The number of likely N-dealkylation sites (N-methyl/N-ethyl adjacent to an activating group) is 1. The smallest absolute Gasteiger partial charge is 0.277 e. The number of likely N-dealkylation sites (tertiary alicyclic amines) is 1. The minimum Gasteiger partial charge on any atom is -0.369 e. The highest BCUT2D eigenvalue weighted by atomic mass is 35.5. The number of nitrogens with one attached hydrogen (secondary N) is 1. The molecule has 1 aliphatic heterocycles. The summed E-state index contributed by atoms with van der Waals surface area (Å²) in [5.41, 5.74) is 6.27. The Hall–Kier alpha value is -1.30. The van der Waals surface area contributed by atoms with Crippen molar-refractivity contribution in [2.75, 3.05) is 26.7 Å². The molecule has 5 nitrogen and oxygen atoms in total. The molecule has 7 heteroatoms. The maximum Gasteiger partial charge on any atom is 0.277 e. The van der Waals surface area contributed by atoms with Gasteiger partial charge in [0.15, 0.2) is 6.54 Å². The van der Waals surface area contributed by atoms with E-state index in [0.717, 1.165) is 31.5 Å². The van der Waals surface area contributed by atoms with Crippen molar-refractivity contribution in [3.63, 3.8) is 0 Å². The van der Waals surface area contributed by atoms with Crippen LogP contribution in [-0.4, -0.2) is 43.4 Å². The fraction of sp³-hybridized carbons (Fsp3) is 0.500. The quantitative estimate of drug-likeness (QED) is 0.814. The van der Waals surface area contributed by atoms with Crippen LogP contribution in [0, 0.1) is 5.92 Å². The zero-order valence-corrected chi connectivity index (χ0v) is 14.7. The van der Waals surface area contributed by atoms with Crippen LogP contribution in [-0.2, 0) is 16.1 Å². The monoisotopic (exact) mass is 358 g/mol. The summed E-state index contributed by atoms with van der Waals surface area (Å²) in [6.45, 7) is 2.54. The van der Waals surface area contributed by atoms with Gasteiger partial charge < -0.3 is 15.5 Å². The largest absolute Gasteiger partial charge is 0.369 e. The van der Waals surface area contributed by atoms with Gasteiger partial charge in [-0.05, 0) is 17.7 Å². The Labute approximate surface area is 146 Å². The topological polar surface area (TPSA) is 67.8 Å². The number of primary amides is 1. The number of halogens is 2. The summed E-state index contributed by atoms with van der Waals surface area (Å²) in [7, 11) is 1.78. The van der Waals surface area contributed by atoms with Crippen molar-refractivity contribution in [1.29, 1.82) is 0 Å². The number of nitrogens with zero attached hydrogens (tertiary/aromatic N) is 1. The van der Waals surface area contributed by atoms with Crippen molar-refractivity contribution in [3.8, 4) is 0 Å². The molecule has 3 N–H and O–H groups in total. The molecule has 0 atom stereocenters. The predicted molar refractivity (Wildman–Crippen MR) is 90.4 cm³/mol. The Morgan fingerprint density at radius 1 is 1.26 bits per heavy atom. The Morgan fingerprint density at radius 2 is 1.91 bits per heavy atom. The highest BCUT2D eigenvalue weighted by molar-refractivity contribution is 6.42.